The molecule has 160 valence electrons. The van der Waals surface area contributed by atoms with Crippen LogP contribution in [0.15, 0.2) is 67.4 Å². The van der Waals surface area contributed by atoms with Crippen LogP contribution < -0.4 is 10.2 Å². The minimum atomic E-state index is 0.707. The summed E-state index contributed by atoms with van der Waals surface area (Å²) in [6.45, 7) is 3.39. The molecule has 1 N–H and O–H groups in total. The van der Waals surface area contributed by atoms with Crippen molar-refractivity contribution >= 4 is 33.9 Å². The van der Waals surface area contributed by atoms with Crippen LogP contribution in [0, 0.1) is 0 Å². The van der Waals surface area contributed by atoms with E-state index in [1.54, 1.807) is 6.20 Å². The van der Waals surface area contributed by atoms with Crippen LogP contribution >= 0.6 is 0 Å². The van der Waals surface area contributed by atoms with Gasteiger partial charge in [0.2, 0.25) is 0 Å². The fourth-order valence-electron chi connectivity index (χ4n) is 4.15. The maximum Gasteiger partial charge on any atom is 0.180 e. The Labute approximate surface area is 185 Å². The van der Waals surface area contributed by atoms with Crippen molar-refractivity contribution in [1.82, 2.24) is 23.9 Å². The minimum Gasteiger partial charge on any atom is -0.378 e. The lowest BCUT2D eigenvalue weighted by Crippen LogP contribution is -2.36. The van der Waals surface area contributed by atoms with E-state index in [1.807, 2.05) is 42.3 Å². The second-order valence-electron chi connectivity index (χ2n) is 7.96. The molecule has 8 heteroatoms. The third-order valence-electron chi connectivity index (χ3n) is 5.91. The number of morpholine rings is 1. The number of pyridine rings is 1. The number of nitrogens with one attached hydrogen (secondary N) is 1. The Kier molecular flexibility index (Phi) is 4.50. The zero-order valence-corrected chi connectivity index (χ0v) is 17.8. The summed E-state index contributed by atoms with van der Waals surface area (Å²) in [7, 11) is 2.02. The monoisotopic (exact) mass is 425 g/mol. The highest BCUT2D eigenvalue weighted by atomic mass is 16.5. The molecule has 0 amide bonds. The van der Waals surface area contributed by atoms with E-state index >= 15 is 0 Å². The van der Waals surface area contributed by atoms with Gasteiger partial charge in [-0.1, -0.05) is 0 Å². The standard InChI is InChI=1S/C24H23N7O/c1-29-8-6-20-22(29)14-17(15-26-20)21-16-31-9-7-25-24(31)23(28-21)27-18-2-4-19(5-3-18)30-10-12-32-13-11-30/h2-9,14-16H,10-13H2,1H3,(H,27,28). The maximum atomic E-state index is 5.45. The minimum absolute atomic E-state index is 0.707. The Morgan fingerprint density at radius 2 is 1.84 bits per heavy atom. The van der Waals surface area contributed by atoms with Crippen LogP contribution in [-0.2, 0) is 11.8 Å². The summed E-state index contributed by atoms with van der Waals surface area (Å²) in [6.07, 6.45) is 9.59. The lowest BCUT2D eigenvalue weighted by Gasteiger charge is -2.28. The van der Waals surface area contributed by atoms with Gasteiger partial charge in [-0.05, 0) is 36.4 Å². The molecule has 4 aromatic heterocycles. The van der Waals surface area contributed by atoms with Gasteiger partial charge in [-0.2, -0.15) is 0 Å². The van der Waals surface area contributed by atoms with Crippen LogP contribution in [-0.4, -0.2) is 50.2 Å². The van der Waals surface area contributed by atoms with E-state index in [1.165, 1.54) is 5.69 Å². The molecule has 0 aliphatic carbocycles. The first kappa shape index (κ1) is 18.8. The molecule has 1 saturated heterocycles. The number of ether oxygens (including phenoxy) is 1. The summed E-state index contributed by atoms with van der Waals surface area (Å²) in [6, 6.07) is 12.6. The highest BCUT2D eigenvalue weighted by Gasteiger charge is 2.13. The van der Waals surface area contributed by atoms with Crippen molar-refractivity contribution in [3.8, 4) is 11.3 Å². The Bertz CT molecular complexity index is 1400. The smallest absolute Gasteiger partial charge is 0.180 e. The third-order valence-corrected chi connectivity index (χ3v) is 5.91. The molecule has 0 saturated carbocycles. The number of nitrogens with zero attached hydrogens (tertiary/aromatic N) is 6. The maximum absolute atomic E-state index is 5.45. The molecule has 0 bridgehead atoms. The molecule has 6 rings (SSSR count). The van der Waals surface area contributed by atoms with Gasteiger partial charge in [0.05, 0.1) is 29.9 Å². The van der Waals surface area contributed by atoms with E-state index in [0.717, 1.165) is 59.9 Å². The van der Waals surface area contributed by atoms with Crippen LogP contribution in [0.3, 0.4) is 0 Å². The molecule has 32 heavy (non-hydrogen) atoms. The third kappa shape index (κ3) is 3.34. The lowest BCUT2D eigenvalue weighted by molar-refractivity contribution is 0.122. The van der Waals surface area contributed by atoms with E-state index in [0.29, 0.717) is 5.82 Å². The van der Waals surface area contributed by atoms with Crippen molar-refractivity contribution in [2.24, 2.45) is 7.05 Å². The average molecular weight is 425 g/mol. The molecule has 0 unspecified atom stereocenters. The largest absolute Gasteiger partial charge is 0.378 e. The fraction of sp³-hybridized carbons (Fsp3) is 0.208. The van der Waals surface area contributed by atoms with Crippen molar-refractivity contribution in [3.63, 3.8) is 0 Å². The van der Waals surface area contributed by atoms with E-state index in [2.05, 4.69) is 55.1 Å². The quantitative estimate of drug-likeness (QED) is 0.471. The molecular formula is C24H23N7O. The molecule has 1 aliphatic heterocycles. The van der Waals surface area contributed by atoms with Crippen LogP contribution in [0.5, 0.6) is 0 Å². The van der Waals surface area contributed by atoms with Crippen molar-refractivity contribution in [1.29, 1.82) is 0 Å². The van der Waals surface area contributed by atoms with Gasteiger partial charge in [-0.25, -0.2) is 9.97 Å². The topological polar surface area (TPSA) is 72.5 Å². The molecule has 0 atom stereocenters. The molecule has 1 fully saturated rings. The Balaban J connectivity index is 1.34. The number of rotatable bonds is 4. The number of hydrogen-bond acceptors (Lipinski definition) is 6. The first-order valence-corrected chi connectivity index (χ1v) is 10.7. The Morgan fingerprint density at radius 3 is 2.69 bits per heavy atom. The number of benzene rings is 1. The van der Waals surface area contributed by atoms with Crippen molar-refractivity contribution in [2.75, 3.05) is 36.5 Å². The second kappa shape index (κ2) is 7.65. The van der Waals surface area contributed by atoms with Gasteiger partial charge in [0.15, 0.2) is 11.5 Å². The van der Waals surface area contributed by atoms with E-state index in [9.17, 15) is 0 Å². The SMILES string of the molecule is Cn1ccc2ncc(-c3cn4ccnc4c(Nc4ccc(N5CCOCC5)cc4)n3)cc21. The highest BCUT2D eigenvalue weighted by Crippen LogP contribution is 2.27. The van der Waals surface area contributed by atoms with Gasteiger partial charge in [0.25, 0.3) is 0 Å². The Morgan fingerprint density at radius 1 is 1.00 bits per heavy atom. The van der Waals surface area contributed by atoms with E-state index in [-0.39, 0.29) is 0 Å². The van der Waals surface area contributed by atoms with Crippen molar-refractivity contribution in [3.05, 3.63) is 67.4 Å². The molecule has 1 aromatic carbocycles. The van der Waals surface area contributed by atoms with Gasteiger partial charge in [0.1, 0.15) is 0 Å². The summed E-state index contributed by atoms with van der Waals surface area (Å²) in [5, 5.41) is 3.45. The molecule has 8 nitrogen and oxygen atoms in total. The number of imidazole rings is 1. The molecule has 0 spiro atoms. The van der Waals surface area contributed by atoms with Gasteiger partial charge < -0.3 is 23.9 Å². The second-order valence-corrected chi connectivity index (χ2v) is 7.96. The van der Waals surface area contributed by atoms with E-state index in [4.69, 9.17) is 9.72 Å². The first-order chi connectivity index (χ1) is 15.7. The van der Waals surface area contributed by atoms with E-state index < -0.39 is 0 Å². The zero-order valence-electron chi connectivity index (χ0n) is 17.8. The highest BCUT2D eigenvalue weighted by molar-refractivity contribution is 5.81. The fourth-order valence-corrected chi connectivity index (χ4v) is 4.15. The number of aromatic nitrogens is 5. The average Bonchev–Trinajstić information content (AvgIpc) is 3.47. The number of hydrogen-bond donors (Lipinski definition) is 1. The predicted molar refractivity (Wildman–Crippen MR) is 125 cm³/mol. The van der Waals surface area contributed by atoms with Gasteiger partial charge in [-0.3, -0.25) is 4.98 Å². The van der Waals surface area contributed by atoms with Crippen molar-refractivity contribution in [2.45, 2.75) is 0 Å². The Hall–Kier alpha value is -3.91. The van der Waals surface area contributed by atoms with Gasteiger partial charge >= 0.3 is 0 Å². The molecule has 0 radical (unpaired) electrons. The summed E-state index contributed by atoms with van der Waals surface area (Å²) in [5.74, 6) is 0.707. The molecule has 5 heterocycles. The summed E-state index contributed by atoms with van der Waals surface area (Å²) in [4.78, 5) is 16.3. The van der Waals surface area contributed by atoms with Crippen LogP contribution in [0.1, 0.15) is 0 Å². The molecule has 5 aromatic rings. The number of fused-ring (bicyclic) bond motifs is 2. The number of aryl methyl sites for hydroxylation is 1. The zero-order chi connectivity index (χ0) is 21.5. The van der Waals surface area contributed by atoms with Crippen LogP contribution in [0.25, 0.3) is 27.9 Å². The normalized spacial score (nSPS) is 14.3. The van der Waals surface area contributed by atoms with Gasteiger partial charge in [-0.15, -0.1) is 0 Å². The number of anilines is 3. The summed E-state index contributed by atoms with van der Waals surface area (Å²) < 4.78 is 9.51. The van der Waals surface area contributed by atoms with Gasteiger partial charge in [0, 0.05) is 68.1 Å². The molecule has 1 aliphatic rings. The summed E-state index contributed by atoms with van der Waals surface area (Å²) in [5.41, 5.74) is 6.78. The summed E-state index contributed by atoms with van der Waals surface area (Å²) >= 11 is 0. The first-order valence-electron chi connectivity index (χ1n) is 10.7. The van der Waals surface area contributed by atoms with Crippen molar-refractivity contribution < 1.29 is 4.74 Å². The van der Waals surface area contributed by atoms with Crippen LogP contribution in [0.4, 0.5) is 17.2 Å². The van der Waals surface area contributed by atoms with Crippen LogP contribution in [0.2, 0.25) is 0 Å². The molecular weight excluding hydrogens is 402 g/mol. The predicted octanol–water partition coefficient (Wildman–Crippen LogP) is 3.86. The lowest BCUT2D eigenvalue weighted by atomic mass is 10.2.